The van der Waals surface area contributed by atoms with Gasteiger partial charge < -0.3 is 19.7 Å². The molecule has 164 valence electrons. The SMILES string of the molecule is CC(C)(C)OC(=O)N[C@@H]1CC[C@@H](c2cccc(F)c2F)Cn2c1nnc2C(C)(C)O. The first-order valence-corrected chi connectivity index (χ1v) is 9.96. The molecule has 0 spiro atoms. The van der Waals surface area contributed by atoms with Crippen LogP contribution in [0.2, 0.25) is 0 Å². The summed E-state index contributed by atoms with van der Waals surface area (Å²) < 4.78 is 35.4. The second-order valence-corrected chi connectivity index (χ2v) is 9.17. The lowest BCUT2D eigenvalue weighted by molar-refractivity contribution is 0.0498. The van der Waals surface area contributed by atoms with Crippen molar-refractivity contribution in [3.05, 3.63) is 47.0 Å². The van der Waals surface area contributed by atoms with Gasteiger partial charge in [0.25, 0.3) is 0 Å². The number of aromatic nitrogens is 3. The second kappa shape index (κ2) is 7.94. The predicted octanol–water partition coefficient (Wildman–Crippen LogP) is 3.93. The number of nitrogens with one attached hydrogen (secondary N) is 1. The van der Waals surface area contributed by atoms with Gasteiger partial charge in [-0.1, -0.05) is 12.1 Å². The highest BCUT2D eigenvalue weighted by Gasteiger charge is 2.35. The number of benzene rings is 1. The van der Waals surface area contributed by atoms with Crippen molar-refractivity contribution in [2.24, 2.45) is 0 Å². The Morgan fingerprint density at radius 3 is 2.53 bits per heavy atom. The molecule has 7 nitrogen and oxygen atoms in total. The molecule has 1 amide bonds. The Labute approximate surface area is 174 Å². The van der Waals surface area contributed by atoms with Gasteiger partial charge in [-0.2, -0.15) is 0 Å². The van der Waals surface area contributed by atoms with Crippen LogP contribution in [-0.4, -0.2) is 31.6 Å². The van der Waals surface area contributed by atoms with Crippen molar-refractivity contribution in [2.45, 2.75) is 77.2 Å². The van der Waals surface area contributed by atoms with Crippen molar-refractivity contribution in [1.29, 1.82) is 0 Å². The largest absolute Gasteiger partial charge is 0.444 e. The lowest BCUT2D eigenvalue weighted by Crippen LogP contribution is -2.35. The minimum atomic E-state index is -1.31. The zero-order valence-electron chi connectivity index (χ0n) is 17.9. The number of amides is 1. The molecule has 0 bridgehead atoms. The highest BCUT2D eigenvalue weighted by Crippen LogP contribution is 2.36. The third kappa shape index (κ3) is 4.77. The van der Waals surface area contributed by atoms with Crippen LogP contribution >= 0.6 is 0 Å². The molecule has 30 heavy (non-hydrogen) atoms. The fourth-order valence-electron chi connectivity index (χ4n) is 3.69. The summed E-state index contributed by atoms with van der Waals surface area (Å²) in [5, 5.41) is 21.6. The lowest BCUT2D eigenvalue weighted by atomic mass is 9.92. The Hall–Kier alpha value is -2.55. The Bertz CT molecular complexity index is 931. The Kier molecular flexibility index (Phi) is 5.86. The maximum Gasteiger partial charge on any atom is 0.408 e. The first kappa shape index (κ1) is 22.1. The predicted molar refractivity (Wildman–Crippen MR) is 106 cm³/mol. The van der Waals surface area contributed by atoms with Gasteiger partial charge in [-0.25, -0.2) is 13.6 Å². The van der Waals surface area contributed by atoms with Crippen LogP contribution in [0.1, 0.15) is 76.6 Å². The van der Waals surface area contributed by atoms with E-state index in [1.807, 2.05) is 0 Å². The maximum atomic E-state index is 14.5. The van der Waals surface area contributed by atoms with Crippen LogP contribution in [0.5, 0.6) is 0 Å². The summed E-state index contributed by atoms with van der Waals surface area (Å²) >= 11 is 0. The number of aliphatic hydroxyl groups is 1. The van der Waals surface area contributed by atoms with E-state index in [0.717, 1.165) is 6.07 Å². The van der Waals surface area contributed by atoms with Crippen LogP contribution in [0.3, 0.4) is 0 Å². The van der Waals surface area contributed by atoms with E-state index in [-0.39, 0.29) is 23.9 Å². The standard InChI is InChI=1S/C21H28F2N4O3/c1-20(2,3)30-19(28)24-15-10-9-12(13-7-6-8-14(22)16(13)23)11-27-17(15)25-26-18(27)21(4,5)29/h6-8,12,15,29H,9-11H2,1-5H3,(H,24,28)/t12-,15-/m1/s1. The van der Waals surface area contributed by atoms with Gasteiger partial charge in [-0.3, -0.25) is 0 Å². The van der Waals surface area contributed by atoms with Crippen molar-refractivity contribution < 1.29 is 23.4 Å². The molecule has 0 saturated heterocycles. The molecule has 0 fully saturated rings. The third-order valence-electron chi connectivity index (χ3n) is 4.96. The normalized spacial score (nSPS) is 19.7. The Morgan fingerprint density at radius 2 is 1.90 bits per heavy atom. The first-order chi connectivity index (χ1) is 13.9. The second-order valence-electron chi connectivity index (χ2n) is 9.17. The number of hydrogen-bond donors (Lipinski definition) is 2. The molecule has 0 aliphatic carbocycles. The molecule has 0 saturated carbocycles. The van der Waals surface area contributed by atoms with Crippen molar-refractivity contribution in [3.63, 3.8) is 0 Å². The molecule has 0 radical (unpaired) electrons. The molecule has 1 aromatic heterocycles. The number of nitrogens with zero attached hydrogens (tertiary/aromatic N) is 3. The number of hydrogen-bond acceptors (Lipinski definition) is 5. The molecule has 1 aromatic carbocycles. The van der Waals surface area contributed by atoms with Gasteiger partial charge in [0, 0.05) is 12.5 Å². The zero-order valence-corrected chi connectivity index (χ0v) is 17.9. The van der Waals surface area contributed by atoms with Gasteiger partial charge in [-0.05, 0) is 59.1 Å². The smallest absolute Gasteiger partial charge is 0.408 e. The van der Waals surface area contributed by atoms with E-state index < -0.39 is 35.0 Å². The Balaban J connectivity index is 1.98. The van der Waals surface area contributed by atoms with Gasteiger partial charge >= 0.3 is 6.09 Å². The van der Waals surface area contributed by atoms with E-state index in [9.17, 15) is 18.7 Å². The molecule has 3 rings (SSSR count). The van der Waals surface area contributed by atoms with Gasteiger partial charge in [0.15, 0.2) is 23.3 Å². The number of fused-ring (bicyclic) bond motifs is 1. The van der Waals surface area contributed by atoms with Crippen LogP contribution in [-0.2, 0) is 16.9 Å². The van der Waals surface area contributed by atoms with Crippen molar-refractivity contribution in [3.8, 4) is 0 Å². The number of rotatable bonds is 3. The van der Waals surface area contributed by atoms with Crippen molar-refractivity contribution in [1.82, 2.24) is 20.1 Å². The van der Waals surface area contributed by atoms with E-state index in [1.165, 1.54) is 6.07 Å². The van der Waals surface area contributed by atoms with Crippen LogP contribution < -0.4 is 5.32 Å². The molecular formula is C21H28F2N4O3. The van der Waals surface area contributed by atoms with Gasteiger partial charge in [0.05, 0.1) is 6.04 Å². The molecule has 1 aliphatic rings. The molecule has 2 aromatic rings. The fraction of sp³-hybridized carbons (Fsp3) is 0.571. The number of ether oxygens (including phenoxy) is 1. The molecule has 2 heterocycles. The van der Waals surface area contributed by atoms with Crippen LogP contribution in [0.4, 0.5) is 13.6 Å². The van der Waals surface area contributed by atoms with Gasteiger partial charge in [-0.15, -0.1) is 10.2 Å². The van der Waals surface area contributed by atoms with Gasteiger partial charge in [0.2, 0.25) is 0 Å². The van der Waals surface area contributed by atoms with E-state index in [0.29, 0.717) is 18.7 Å². The van der Waals surface area contributed by atoms with Crippen LogP contribution in [0, 0.1) is 11.6 Å². The van der Waals surface area contributed by atoms with E-state index in [2.05, 4.69) is 15.5 Å². The number of carbonyl (C=O) groups is 1. The molecular weight excluding hydrogens is 394 g/mol. The highest BCUT2D eigenvalue weighted by atomic mass is 19.2. The summed E-state index contributed by atoms with van der Waals surface area (Å²) in [4.78, 5) is 12.4. The molecule has 9 heteroatoms. The van der Waals surface area contributed by atoms with E-state index in [1.54, 1.807) is 45.3 Å². The topological polar surface area (TPSA) is 89.3 Å². The van der Waals surface area contributed by atoms with Crippen LogP contribution in [0.15, 0.2) is 18.2 Å². The lowest BCUT2D eigenvalue weighted by Gasteiger charge is -2.23. The number of halogens is 2. The average molecular weight is 422 g/mol. The van der Waals surface area contributed by atoms with Crippen LogP contribution in [0.25, 0.3) is 0 Å². The van der Waals surface area contributed by atoms with Gasteiger partial charge in [0.1, 0.15) is 11.2 Å². The molecule has 0 unspecified atom stereocenters. The van der Waals surface area contributed by atoms with Crippen molar-refractivity contribution >= 4 is 6.09 Å². The van der Waals surface area contributed by atoms with E-state index in [4.69, 9.17) is 4.74 Å². The summed E-state index contributed by atoms with van der Waals surface area (Å²) in [7, 11) is 0. The maximum absolute atomic E-state index is 14.5. The highest BCUT2D eigenvalue weighted by molar-refractivity contribution is 5.68. The Morgan fingerprint density at radius 1 is 1.20 bits per heavy atom. The molecule has 2 atom stereocenters. The quantitative estimate of drug-likeness (QED) is 0.782. The summed E-state index contributed by atoms with van der Waals surface area (Å²) in [5.41, 5.74) is -1.74. The fourth-order valence-corrected chi connectivity index (χ4v) is 3.69. The summed E-state index contributed by atoms with van der Waals surface area (Å²) in [6.45, 7) is 8.67. The number of alkyl carbamates (subject to hydrolysis) is 1. The van der Waals surface area contributed by atoms with E-state index >= 15 is 0 Å². The third-order valence-corrected chi connectivity index (χ3v) is 4.96. The van der Waals surface area contributed by atoms with Crippen molar-refractivity contribution in [2.75, 3.05) is 0 Å². The minimum absolute atomic E-state index is 0.245. The first-order valence-electron chi connectivity index (χ1n) is 9.96. The molecule has 2 N–H and O–H groups in total. The summed E-state index contributed by atoms with van der Waals surface area (Å²) in [6.07, 6.45) is 0.279. The minimum Gasteiger partial charge on any atom is -0.444 e. The summed E-state index contributed by atoms with van der Waals surface area (Å²) in [6, 6.07) is 3.55. The average Bonchev–Trinajstić information content (AvgIpc) is 2.95. The number of carbonyl (C=O) groups excluding carboxylic acids is 1. The monoisotopic (exact) mass is 422 g/mol. The zero-order chi connectivity index (χ0) is 22.3. The molecule has 1 aliphatic heterocycles. The summed E-state index contributed by atoms with van der Waals surface area (Å²) in [5.74, 6) is -1.45.